The van der Waals surface area contributed by atoms with Crippen LogP contribution in [0, 0.1) is 0 Å². The van der Waals surface area contributed by atoms with Gasteiger partial charge in [0.2, 0.25) is 0 Å². The molecule has 3 rings (SSSR count). The Kier molecular flexibility index (Phi) is 2.70. The number of hydrogen-bond acceptors (Lipinski definition) is 6. The minimum atomic E-state index is 0.109. The van der Waals surface area contributed by atoms with Gasteiger partial charge < -0.3 is 5.11 Å². The lowest BCUT2D eigenvalue weighted by Gasteiger charge is -1.96. The quantitative estimate of drug-likeness (QED) is 0.708. The van der Waals surface area contributed by atoms with E-state index in [0.29, 0.717) is 16.7 Å². The van der Waals surface area contributed by atoms with Crippen LogP contribution in [0.2, 0.25) is 0 Å². The molecule has 0 atom stereocenters. The van der Waals surface area contributed by atoms with Crippen LogP contribution in [-0.2, 0) is 0 Å². The van der Waals surface area contributed by atoms with Crippen LogP contribution in [0.3, 0.4) is 0 Å². The van der Waals surface area contributed by atoms with E-state index in [1.165, 1.54) is 0 Å². The average Bonchev–Trinajstić information content (AvgIpc) is 2.90. The molecule has 0 aliphatic carbocycles. The first-order valence-electron chi connectivity index (χ1n) is 5.25. The van der Waals surface area contributed by atoms with E-state index in [0.717, 1.165) is 17.4 Å². The van der Waals surface area contributed by atoms with Crippen LogP contribution in [-0.4, -0.2) is 13.9 Å². The van der Waals surface area contributed by atoms with Gasteiger partial charge in [-0.3, -0.25) is 0 Å². The summed E-state index contributed by atoms with van der Waals surface area (Å²) in [5.41, 5.74) is 2.39. The van der Waals surface area contributed by atoms with Crippen LogP contribution in [0.1, 0.15) is 0 Å². The van der Waals surface area contributed by atoms with Crippen molar-refractivity contribution in [1.29, 1.82) is 0 Å². The highest BCUT2D eigenvalue weighted by molar-refractivity contribution is 7.00. The second-order valence-corrected chi connectivity index (χ2v) is 4.13. The van der Waals surface area contributed by atoms with Crippen molar-refractivity contribution in [2.45, 2.75) is 0 Å². The molecular formula is C12H8N4OS. The summed E-state index contributed by atoms with van der Waals surface area (Å²) in [6, 6.07) is 12.6. The number of phenols is 1. The zero-order chi connectivity index (χ0) is 12.4. The number of rotatable bonds is 2. The molecule has 88 valence electrons. The van der Waals surface area contributed by atoms with Crippen LogP contribution in [0.25, 0.3) is 11.0 Å². The highest BCUT2D eigenvalue weighted by atomic mass is 32.1. The smallest absolute Gasteiger partial charge is 0.148 e. The molecule has 0 aliphatic heterocycles. The van der Waals surface area contributed by atoms with Gasteiger partial charge in [0.25, 0.3) is 0 Å². The molecule has 0 bridgehead atoms. The van der Waals surface area contributed by atoms with Crippen LogP contribution in [0.4, 0.5) is 11.4 Å². The highest BCUT2D eigenvalue weighted by Gasteiger charge is 2.08. The Morgan fingerprint density at radius 2 is 1.67 bits per heavy atom. The van der Waals surface area contributed by atoms with E-state index < -0.39 is 0 Å². The number of aromatic hydroxyl groups is 1. The Bertz CT molecular complexity index is 708. The van der Waals surface area contributed by atoms with Gasteiger partial charge in [0, 0.05) is 0 Å². The van der Waals surface area contributed by atoms with Crippen molar-refractivity contribution in [2.24, 2.45) is 10.2 Å². The van der Waals surface area contributed by atoms with Crippen LogP contribution >= 0.6 is 11.7 Å². The maximum Gasteiger partial charge on any atom is 0.148 e. The van der Waals surface area contributed by atoms with E-state index in [9.17, 15) is 5.11 Å². The van der Waals surface area contributed by atoms with Gasteiger partial charge in [-0.15, -0.1) is 5.11 Å². The maximum atomic E-state index is 9.60. The molecule has 6 heteroatoms. The first kappa shape index (κ1) is 10.8. The van der Waals surface area contributed by atoms with Crippen molar-refractivity contribution in [3.8, 4) is 5.75 Å². The van der Waals surface area contributed by atoms with Crippen molar-refractivity contribution in [2.75, 3.05) is 0 Å². The fourth-order valence-electron chi connectivity index (χ4n) is 1.53. The molecule has 0 spiro atoms. The fraction of sp³-hybridized carbons (Fsp3) is 0. The van der Waals surface area contributed by atoms with Crippen molar-refractivity contribution in [3.05, 3.63) is 42.5 Å². The number of azo groups is 1. The lowest BCUT2D eigenvalue weighted by atomic mass is 10.2. The SMILES string of the molecule is Oc1ccc(N=Nc2ccccc2)c2nsnc12. The number of hydrogen-bond donors (Lipinski definition) is 1. The summed E-state index contributed by atoms with van der Waals surface area (Å²) in [6.07, 6.45) is 0. The average molecular weight is 256 g/mol. The van der Waals surface area contributed by atoms with Crippen molar-refractivity contribution >= 4 is 34.1 Å². The van der Waals surface area contributed by atoms with E-state index in [-0.39, 0.29) is 5.75 Å². The van der Waals surface area contributed by atoms with Gasteiger partial charge in [-0.2, -0.15) is 13.9 Å². The Morgan fingerprint density at radius 1 is 0.889 bits per heavy atom. The lowest BCUT2D eigenvalue weighted by Crippen LogP contribution is -1.73. The third-order valence-corrected chi connectivity index (χ3v) is 2.93. The number of benzene rings is 2. The summed E-state index contributed by atoms with van der Waals surface area (Å²) in [6.45, 7) is 0. The van der Waals surface area contributed by atoms with Crippen LogP contribution in [0.15, 0.2) is 52.7 Å². The van der Waals surface area contributed by atoms with Gasteiger partial charge in [-0.1, -0.05) is 18.2 Å². The Balaban J connectivity index is 2.03. The Hall–Kier alpha value is -2.34. The Morgan fingerprint density at radius 3 is 2.50 bits per heavy atom. The third kappa shape index (κ3) is 1.93. The van der Waals surface area contributed by atoms with E-state index >= 15 is 0 Å². The zero-order valence-corrected chi connectivity index (χ0v) is 10.0. The first-order valence-corrected chi connectivity index (χ1v) is 5.98. The van der Waals surface area contributed by atoms with Crippen LogP contribution in [0.5, 0.6) is 5.75 Å². The van der Waals surface area contributed by atoms with Gasteiger partial charge in [0.05, 0.1) is 17.4 Å². The summed E-state index contributed by atoms with van der Waals surface area (Å²) in [5, 5.41) is 17.9. The second-order valence-electron chi connectivity index (χ2n) is 3.60. The fourth-order valence-corrected chi connectivity index (χ4v) is 2.09. The molecule has 1 N–H and O–H groups in total. The molecule has 0 saturated carbocycles. The minimum absolute atomic E-state index is 0.109. The number of phenolic OH excluding ortho intramolecular Hbond substituents is 1. The van der Waals surface area contributed by atoms with Gasteiger partial charge in [0.15, 0.2) is 0 Å². The molecule has 1 heterocycles. The summed E-state index contributed by atoms with van der Waals surface area (Å²) < 4.78 is 8.12. The topological polar surface area (TPSA) is 70.7 Å². The summed E-state index contributed by atoms with van der Waals surface area (Å²) in [4.78, 5) is 0. The first-order chi connectivity index (χ1) is 8.84. The van der Waals surface area contributed by atoms with Crippen molar-refractivity contribution in [1.82, 2.24) is 8.75 Å². The van der Waals surface area contributed by atoms with Gasteiger partial charge in [-0.25, -0.2) is 0 Å². The van der Waals surface area contributed by atoms with E-state index in [1.807, 2.05) is 30.3 Å². The normalized spacial score (nSPS) is 11.3. The Labute approximate surface area is 107 Å². The molecule has 5 nitrogen and oxygen atoms in total. The molecule has 0 unspecified atom stereocenters. The molecule has 0 saturated heterocycles. The molecular weight excluding hydrogens is 248 g/mol. The molecule has 3 aromatic rings. The minimum Gasteiger partial charge on any atom is -0.506 e. The largest absolute Gasteiger partial charge is 0.506 e. The van der Waals surface area contributed by atoms with Crippen molar-refractivity contribution < 1.29 is 5.11 Å². The monoisotopic (exact) mass is 256 g/mol. The number of nitrogens with zero attached hydrogens (tertiary/aromatic N) is 4. The summed E-state index contributed by atoms with van der Waals surface area (Å²) >= 11 is 1.04. The molecule has 0 amide bonds. The molecule has 0 aliphatic rings. The van der Waals surface area contributed by atoms with Gasteiger partial charge >= 0.3 is 0 Å². The van der Waals surface area contributed by atoms with E-state index in [2.05, 4.69) is 19.0 Å². The van der Waals surface area contributed by atoms with Crippen molar-refractivity contribution in [3.63, 3.8) is 0 Å². The maximum absolute atomic E-state index is 9.60. The second kappa shape index (κ2) is 4.50. The molecule has 1 aromatic heterocycles. The predicted molar refractivity (Wildman–Crippen MR) is 69.7 cm³/mol. The summed E-state index contributed by atoms with van der Waals surface area (Å²) in [5.74, 6) is 0.109. The third-order valence-electron chi connectivity index (χ3n) is 2.40. The molecule has 0 fully saturated rings. The zero-order valence-electron chi connectivity index (χ0n) is 9.19. The predicted octanol–water partition coefficient (Wildman–Crippen LogP) is 3.81. The van der Waals surface area contributed by atoms with Crippen LogP contribution < -0.4 is 0 Å². The standard InChI is InChI=1S/C12H8N4OS/c17-10-7-6-9(11-12(10)16-18-15-11)14-13-8-4-2-1-3-5-8/h1-7,17H. The molecule has 0 radical (unpaired) electrons. The molecule has 2 aromatic carbocycles. The highest BCUT2D eigenvalue weighted by Crippen LogP contribution is 2.31. The lowest BCUT2D eigenvalue weighted by molar-refractivity contribution is 0.480. The number of fused-ring (bicyclic) bond motifs is 1. The van der Waals surface area contributed by atoms with Gasteiger partial charge in [0.1, 0.15) is 22.5 Å². The number of aromatic nitrogens is 2. The van der Waals surface area contributed by atoms with E-state index in [4.69, 9.17) is 0 Å². The molecule has 18 heavy (non-hydrogen) atoms. The van der Waals surface area contributed by atoms with E-state index in [1.54, 1.807) is 12.1 Å². The summed E-state index contributed by atoms with van der Waals surface area (Å²) in [7, 11) is 0. The van der Waals surface area contributed by atoms with Gasteiger partial charge in [-0.05, 0) is 24.3 Å².